The first-order valence-electron chi connectivity index (χ1n) is 13.1. The van der Waals surface area contributed by atoms with Crippen molar-refractivity contribution >= 4 is 50.2 Å². The zero-order chi connectivity index (χ0) is 28.3. The number of hydrogen-bond acceptors (Lipinski definition) is 7. The second-order valence-electron chi connectivity index (χ2n) is 11.0. The Morgan fingerprint density at radius 2 is 1.82 bits per heavy atom. The molecule has 1 aliphatic heterocycles. The molecule has 6 rings (SSSR count). The number of halogens is 1. The fourth-order valence-electron chi connectivity index (χ4n) is 5.68. The van der Waals surface area contributed by atoms with E-state index in [0.717, 1.165) is 23.1 Å². The summed E-state index contributed by atoms with van der Waals surface area (Å²) in [4.78, 5) is 54.3. The number of piperidine rings is 1. The van der Waals surface area contributed by atoms with Crippen molar-refractivity contribution in [2.45, 2.75) is 59.2 Å². The number of Topliss-reactive ketones (excluding diaryl/α,β-unsaturated/α-hetero) is 1. The lowest BCUT2D eigenvalue weighted by Gasteiger charge is -2.27. The fourth-order valence-corrected chi connectivity index (χ4v) is 5.99. The van der Waals surface area contributed by atoms with Crippen LogP contribution in [0.1, 0.15) is 48.6 Å². The van der Waals surface area contributed by atoms with Gasteiger partial charge in [-0.25, -0.2) is 15.0 Å². The van der Waals surface area contributed by atoms with Gasteiger partial charge in [0.05, 0.1) is 5.52 Å². The third kappa shape index (κ3) is 4.57. The van der Waals surface area contributed by atoms with E-state index in [1.165, 1.54) is 6.92 Å². The topological polar surface area (TPSA) is 123 Å². The van der Waals surface area contributed by atoms with Gasteiger partial charge in [0.15, 0.2) is 5.78 Å². The lowest BCUT2D eigenvalue weighted by Crippen LogP contribution is -2.47. The molecular formula is C29H28BrN7O3. The summed E-state index contributed by atoms with van der Waals surface area (Å²) < 4.78 is 2.18. The molecule has 3 aromatic heterocycles. The molecule has 0 bridgehead atoms. The van der Waals surface area contributed by atoms with Gasteiger partial charge in [-0.2, -0.15) is 5.10 Å². The van der Waals surface area contributed by atoms with E-state index in [1.54, 1.807) is 22.0 Å². The van der Waals surface area contributed by atoms with Crippen LogP contribution in [-0.2, 0) is 16.1 Å². The Morgan fingerprint density at radius 1 is 1.07 bits per heavy atom. The number of ketones is 1. The number of amides is 2. The number of nitrogens with one attached hydrogen (secondary N) is 1. The highest BCUT2D eigenvalue weighted by molar-refractivity contribution is 9.10. The van der Waals surface area contributed by atoms with Crippen LogP contribution in [0.5, 0.6) is 0 Å². The number of carbonyl (C=O) groups is 3. The Labute approximate surface area is 239 Å². The summed E-state index contributed by atoms with van der Waals surface area (Å²) in [6.45, 7) is 7.18. The molecule has 40 heavy (non-hydrogen) atoms. The van der Waals surface area contributed by atoms with Crippen molar-refractivity contribution in [1.29, 1.82) is 0 Å². The van der Waals surface area contributed by atoms with Crippen molar-refractivity contribution in [3.63, 3.8) is 0 Å². The molecule has 1 saturated heterocycles. The van der Waals surface area contributed by atoms with Crippen molar-refractivity contribution in [3.05, 3.63) is 64.4 Å². The molecule has 204 valence electrons. The first-order chi connectivity index (χ1) is 19.0. The van der Waals surface area contributed by atoms with Crippen LogP contribution >= 0.6 is 15.9 Å². The van der Waals surface area contributed by atoms with Gasteiger partial charge in [-0.1, -0.05) is 19.1 Å². The molecule has 0 radical (unpaired) electrons. The molecule has 11 heteroatoms. The molecule has 1 aromatic carbocycles. The summed E-state index contributed by atoms with van der Waals surface area (Å²) >= 11 is 3.35. The van der Waals surface area contributed by atoms with E-state index in [-0.39, 0.29) is 35.6 Å². The van der Waals surface area contributed by atoms with Gasteiger partial charge in [-0.15, -0.1) is 0 Å². The molecular weight excluding hydrogens is 574 g/mol. The number of rotatable bonds is 6. The molecule has 1 saturated carbocycles. The summed E-state index contributed by atoms with van der Waals surface area (Å²) in [5.41, 5.74) is 3.38. The maximum Gasteiger partial charge on any atom is 0.248 e. The van der Waals surface area contributed by atoms with Crippen LogP contribution in [0, 0.1) is 19.3 Å². The molecule has 2 amide bonds. The van der Waals surface area contributed by atoms with E-state index in [9.17, 15) is 14.4 Å². The number of hydrogen-bond donors (Lipinski definition) is 1. The number of carbonyl (C=O) groups excluding carboxylic acids is 3. The van der Waals surface area contributed by atoms with Crippen LogP contribution in [0.15, 0.2) is 47.3 Å². The molecule has 2 fully saturated rings. The smallest absolute Gasteiger partial charge is 0.248 e. The average molecular weight is 602 g/mol. The predicted molar refractivity (Wildman–Crippen MR) is 153 cm³/mol. The summed E-state index contributed by atoms with van der Waals surface area (Å²) in [5, 5.41) is 8.11. The Hall–Kier alpha value is -3.99. The summed E-state index contributed by atoms with van der Waals surface area (Å²) in [7, 11) is 0. The molecule has 1 aliphatic carbocycles. The van der Waals surface area contributed by atoms with Gasteiger partial charge in [0.2, 0.25) is 11.8 Å². The van der Waals surface area contributed by atoms with Crippen LogP contribution in [0.2, 0.25) is 0 Å². The van der Waals surface area contributed by atoms with E-state index in [4.69, 9.17) is 0 Å². The minimum absolute atomic E-state index is 0.00504. The Balaban J connectivity index is 1.29. The average Bonchev–Trinajstić information content (AvgIpc) is 3.28. The second-order valence-corrected chi connectivity index (χ2v) is 11.8. The molecule has 3 atom stereocenters. The van der Waals surface area contributed by atoms with Crippen molar-refractivity contribution in [1.82, 2.24) is 29.6 Å². The minimum Gasteiger partial charge on any atom is -0.325 e. The second kappa shape index (κ2) is 9.58. The van der Waals surface area contributed by atoms with Gasteiger partial charge >= 0.3 is 0 Å². The molecule has 0 spiro atoms. The van der Waals surface area contributed by atoms with E-state index in [1.807, 2.05) is 44.2 Å². The number of anilines is 1. The van der Waals surface area contributed by atoms with Gasteiger partial charge in [-0.3, -0.25) is 19.1 Å². The predicted octanol–water partition coefficient (Wildman–Crippen LogP) is 4.49. The molecule has 10 nitrogen and oxygen atoms in total. The number of aromatic nitrogens is 5. The van der Waals surface area contributed by atoms with E-state index >= 15 is 0 Å². The molecule has 1 N–H and O–H groups in total. The maximum atomic E-state index is 13.8. The lowest BCUT2D eigenvalue weighted by atomic mass is 10.0. The van der Waals surface area contributed by atoms with Crippen molar-refractivity contribution in [2.75, 3.05) is 5.32 Å². The van der Waals surface area contributed by atoms with Crippen LogP contribution in [-0.4, -0.2) is 59.3 Å². The Morgan fingerprint density at radius 3 is 2.55 bits per heavy atom. The summed E-state index contributed by atoms with van der Waals surface area (Å²) in [6, 6.07) is 8.71. The molecule has 2 aliphatic rings. The van der Waals surface area contributed by atoms with Gasteiger partial charge in [-0.05, 0) is 77.4 Å². The van der Waals surface area contributed by atoms with Crippen LogP contribution in [0.25, 0.3) is 22.0 Å². The fraction of sp³-hybridized carbons (Fsp3) is 0.345. The Kier molecular flexibility index (Phi) is 6.29. The number of pyridine rings is 1. The van der Waals surface area contributed by atoms with Crippen LogP contribution in [0.4, 0.5) is 5.82 Å². The maximum absolute atomic E-state index is 13.8. The van der Waals surface area contributed by atoms with Gasteiger partial charge in [0, 0.05) is 36.3 Å². The normalized spacial score (nSPS) is 21.4. The van der Waals surface area contributed by atoms with Crippen LogP contribution < -0.4 is 5.32 Å². The Bertz CT molecular complexity index is 1700. The molecule has 4 aromatic rings. The number of fused-ring (bicyclic) bond motifs is 2. The lowest BCUT2D eigenvalue weighted by molar-refractivity contribution is -0.138. The van der Waals surface area contributed by atoms with E-state index in [2.05, 4.69) is 48.2 Å². The van der Waals surface area contributed by atoms with Gasteiger partial charge in [0.25, 0.3) is 0 Å². The first-order valence-corrected chi connectivity index (χ1v) is 13.9. The van der Waals surface area contributed by atoms with Crippen molar-refractivity contribution in [3.8, 4) is 11.1 Å². The SMILES string of the molecule is CC(=O)c1nn(CC(=O)N2C3C[C@]3(C)C[C@H]2C(=O)Nc2nc(Br)ccc2C)c2ccc(-c3cnc(C)nc3)cc12. The first kappa shape index (κ1) is 26.2. The largest absolute Gasteiger partial charge is 0.325 e. The quantitative estimate of drug-likeness (QED) is 0.255. The third-order valence-corrected chi connectivity index (χ3v) is 8.46. The number of likely N-dealkylation sites (tertiary alicyclic amines) is 1. The van der Waals surface area contributed by atoms with Gasteiger partial charge < -0.3 is 10.2 Å². The number of aryl methyl sites for hydroxylation is 2. The molecule has 1 unspecified atom stereocenters. The van der Waals surface area contributed by atoms with Crippen LogP contribution in [0.3, 0.4) is 0 Å². The summed E-state index contributed by atoms with van der Waals surface area (Å²) in [6.07, 6.45) is 4.92. The molecule has 4 heterocycles. The highest BCUT2D eigenvalue weighted by Crippen LogP contribution is 2.59. The minimum atomic E-state index is -0.612. The third-order valence-electron chi connectivity index (χ3n) is 8.01. The standard InChI is InChI=1S/C29H28BrN7O3/c1-15-5-8-24(30)33-27(15)34-28(40)22-10-29(4)11-23(29)37(22)25(39)14-36-21-7-6-18(19-12-31-17(3)32-13-19)9-20(21)26(35-36)16(2)38/h5-9,12-13,22-23H,10-11,14H2,1-4H3,(H,33,34,40)/t22-,23?,29-/m0/s1. The highest BCUT2D eigenvalue weighted by atomic mass is 79.9. The highest BCUT2D eigenvalue weighted by Gasteiger charge is 2.64. The zero-order valence-corrected chi connectivity index (χ0v) is 24.2. The van der Waals surface area contributed by atoms with Gasteiger partial charge in [0.1, 0.15) is 34.5 Å². The van der Waals surface area contributed by atoms with Crippen molar-refractivity contribution < 1.29 is 14.4 Å². The van der Waals surface area contributed by atoms with E-state index < -0.39 is 6.04 Å². The zero-order valence-electron chi connectivity index (χ0n) is 22.6. The van der Waals surface area contributed by atoms with Crippen molar-refractivity contribution in [2.24, 2.45) is 5.41 Å². The summed E-state index contributed by atoms with van der Waals surface area (Å²) in [5.74, 6) is 0.482. The number of benzene rings is 1. The number of nitrogens with zero attached hydrogens (tertiary/aromatic N) is 6. The monoisotopic (exact) mass is 601 g/mol. The van der Waals surface area contributed by atoms with E-state index in [0.29, 0.717) is 39.3 Å².